The molecule has 0 heterocycles. The van der Waals surface area contributed by atoms with E-state index in [-0.39, 0.29) is 131 Å². The molecule has 0 aromatic carbocycles. The molecule has 4 N–H and O–H groups in total. The number of carboxylic acids is 1. The second-order valence-electron chi connectivity index (χ2n) is 3.98. The first-order valence-corrected chi connectivity index (χ1v) is 4.59. The van der Waals surface area contributed by atoms with Gasteiger partial charge >= 0.3 is 43.7 Å². The Morgan fingerprint density at radius 2 is 1.75 bits per heavy atom. The van der Waals surface area contributed by atoms with Crippen LogP contribution in [0.5, 0.6) is 0 Å². The molecule has 0 aliphatic heterocycles. The largest absolute Gasteiger partial charge is 2.00 e. The molecule has 0 saturated heterocycles. The average Bonchev–Trinajstić information content (AvgIpc) is 2.15. The maximum Gasteiger partial charge on any atom is 2.00 e. The van der Waals surface area contributed by atoms with E-state index in [1.54, 1.807) is 0 Å². The van der Waals surface area contributed by atoms with E-state index in [1.807, 2.05) is 0 Å². The molecule has 1 amide bonds. The predicted molar refractivity (Wildman–Crippen MR) is 60.1 cm³/mol. The Morgan fingerprint density at radius 1 is 1.35 bits per heavy atom. The summed E-state index contributed by atoms with van der Waals surface area (Å²) in [6.07, 6.45) is -1.55. The topological polar surface area (TPSA) is 107 Å². The van der Waals surface area contributed by atoms with Crippen molar-refractivity contribution in [3.8, 4) is 0 Å². The van der Waals surface area contributed by atoms with E-state index in [0.717, 1.165) is 0 Å². The van der Waals surface area contributed by atoms with Crippen LogP contribution in [0.25, 0.3) is 0 Å². The molecule has 0 rings (SSSR count). The zero-order valence-electron chi connectivity index (χ0n) is 13.4. The van der Waals surface area contributed by atoms with Crippen molar-refractivity contribution >= 4 is 49.6 Å². The Kier molecular flexibility index (Phi) is 36.9. The zero-order chi connectivity index (χ0) is 12.1. The van der Waals surface area contributed by atoms with Crippen LogP contribution in [0.4, 0.5) is 0 Å². The summed E-state index contributed by atoms with van der Waals surface area (Å²) in [6, 6.07) is 0. The van der Waals surface area contributed by atoms with Gasteiger partial charge in [0, 0.05) is 82.9 Å². The van der Waals surface area contributed by atoms with Crippen molar-refractivity contribution in [2.75, 3.05) is 13.2 Å². The summed E-state index contributed by atoms with van der Waals surface area (Å²) in [7, 11) is 0. The van der Waals surface area contributed by atoms with Crippen LogP contribution in [-0.4, -0.2) is 84.2 Å². The summed E-state index contributed by atoms with van der Waals surface area (Å²) >= 11 is 0. The Bertz CT molecular complexity index is 276. The molecule has 118 valence electrons. The molecule has 0 aliphatic carbocycles. The van der Waals surface area contributed by atoms with E-state index in [1.165, 1.54) is 13.8 Å². The van der Waals surface area contributed by atoms with Gasteiger partial charge in [0.25, 0.3) is 0 Å². The number of aliphatic hydroxyl groups excluding tert-OH is 2. The molecule has 1 atom stereocenters. The van der Waals surface area contributed by atoms with Crippen LogP contribution in [0, 0.1) is 5.41 Å². The maximum absolute atomic E-state index is 11.3. The van der Waals surface area contributed by atoms with Gasteiger partial charge in [0.15, 0.2) is 0 Å². The number of carbonyl (C=O) groups excluding carboxylic acids is 1. The smallest absolute Gasteiger partial charge is 1.00 e. The van der Waals surface area contributed by atoms with Crippen LogP contribution in [0.3, 0.4) is 0 Å². The summed E-state index contributed by atoms with van der Waals surface area (Å²) in [5.41, 5.74) is -0.937. The predicted octanol–water partition coefficient (Wildman–Crippen LogP) is -1.21. The summed E-state index contributed by atoms with van der Waals surface area (Å²) in [4.78, 5) is 21.4. The normalized spacial score (nSPS) is 10.0. The Morgan fingerprint density at radius 3 is 2.05 bits per heavy atom. The third-order valence-corrected chi connectivity index (χ3v) is 2.03. The number of nitrogens with one attached hydrogen (secondary N) is 1. The van der Waals surface area contributed by atoms with Gasteiger partial charge < -0.3 is 23.5 Å². The van der Waals surface area contributed by atoms with E-state index in [4.69, 9.17) is 10.2 Å². The van der Waals surface area contributed by atoms with Gasteiger partial charge in [-0.3, -0.25) is 9.59 Å². The zero-order valence-corrected chi connectivity index (χ0v) is 19.9. The van der Waals surface area contributed by atoms with E-state index in [9.17, 15) is 14.7 Å². The van der Waals surface area contributed by atoms with Crippen molar-refractivity contribution in [1.82, 2.24) is 5.32 Å². The first kappa shape index (κ1) is 38.1. The SMILES string of the molecule is CC(C)(CO)[C@@H](O)C(=O)NCCC(=O)O.[Ca+2].[Cr].[Cu].[H-].[H-].[Mn].[Zn]. The molecular weight excluding hydrogens is 478 g/mol. The number of carboxylic acid groups (broad SMARTS) is 1. The molecular formula is C9H19CaCrCuMnNO5Zn. The van der Waals surface area contributed by atoms with Crippen molar-refractivity contribution in [3.63, 3.8) is 0 Å². The summed E-state index contributed by atoms with van der Waals surface area (Å²) < 4.78 is 0. The minimum atomic E-state index is -1.35. The Balaban J connectivity index is -0.0000000467. The van der Waals surface area contributed by atoms with E-state index >= 15 is 0 Å². The molecule has 20 heavy (non-hydrogen) atoms. The van der Waals surface area contributed by atoms with Gasteiger partial charge in [0.2, 0.25) is 5.91 Å². The fraction of sp³-hybridized carbons (Fsp3) is 0.778. The number of aliphatic carboxylic acids is 1. The fourth-order valence-electron chi connectivity index (χ4n) is 0.831. The van der Waals surface area contributed by atoms with Gasteiger partial charge in [-0.25, -0.2) is 0 Å². The van der Waals surface area contributed by atoms with Crippen LogP contribution < -0.4 is 5.32 Å². The number of rotatable bonds is 6. The van der Waals surface area contributed by atoms with Crippen molar-refractivity contribution < 1.29 is 98.7 Å². The molecule has 0 bridgehead atoms. The third kappa shape index (κ3) is 16.7. The summed E-state index contributed by atoms with van der Waals surface area (Å²) in [5.74, 6) is -1.69. The molecule has 0 aromatic rings. The van der Waals surface area contributed by atoms with Crippen molar-refractivity contribution in [1.29, 1.82) is 0 Å². The number of aliphatic hydroxyl groups is 2. The van der Waals surface area contributed by atoms with Gasteiger partial charge in [-0.05, 0) is 0 Å². The number of amides is 1. The van der Waals surface area contributed by atoms with Crippen molar-refractivity contribution in [3.05, 3.63) is 0 Å². The van der Waals surface area contributed by atoms with Crippen LogP contribution in [0.15, 0.2) is 0 Å². The van der Waals surface area contributed by atoms with E-state index in [2.05, 4.69) is 5.32 Å². The molecule has 0 aromatic heterocycles. The first-order valence-electron chi connectivity index (χ1n) is 4.59. The monoisotopic (exact) mass is 495 g/mol. The summed E-state index contributed by atoms with van der Waals surface area (Å²) in [6.45, 7) is 2.70. The van der Waals surface area contributed by atoms with Crippen LogP contribution >= 0.6 is 0 Å². The average molecular weight is 497 g/mol. The Hall–Kier alpha value is 2.31. The molecule has 2 radical (unpaired) electrons. The minimum Gasteiger partial charge on any atom is -1.00 e. The van der Waals surface area contributed by atoms with Gasteiger partial charge in [-0.15, -0.1) is 0 Å². The van der Waals surface area contributed by atoms with E-state index in [0.29, 0.717) is 0 Å². The van der Waals surface area contributed by atoms with Crippen molar-refractivity contribution in [2.24, 2.45) is 5.41 Å². The van der Waals surface area contributed by atoms with Gasteiger partial charge in [-0.1, -0.05) is 13.8 Å². The van der Waals surface area contributed by atoms with Gasteiger partial charge in [-0.2, -0.15) is 0 Å². The van der Waals surface area contributed by atoms with Crippen LogP contribution in [-0.2, 0) is 80.6 Å². The number of carbonyl (C=O) groups is 2. The molecule has 0 spiro atoms. The van der Waals surface area contributed by atoms with Crippen LogP contribution in [0.1, 0.15) is 23.1 Å². The molecule has 0 aliphatic rings. The maximum atomic E-state index is 11.3. The molecule has 6 nitrogen and oxygen atoms in total. The third-order valence-electron chi connectivity index (χ3n) is 2.03. The fourth-order valence-corrected chi connectivity index (χ4v) is 0.831. The second-order valence-corrected chi connectivity index (χ2v) is 3.98. The molecule has 11 heteroatoms. The summed E-state index contributed by atoms with van der Waals surface area (Å²) in [5, 5.41) is 29.0. The first-order chi connectivity index (χ1) is 6.81. The molecule has 0 unspecified atom stereocenters. The van der Waals surface area contributed by atoms with Crippen LogP contribution in [0.2, 0.25) is 0 Å². The quantitative estimate of drug-likeness (QED) is 0.345. The van der Waals surface area contributed by atoms with Crippen molar-refractivity contribution in [2.45, 2.75) is 26.4 Å². The minimum absolute atomic E-state index is 0. The molecule has 0 saturated carbocycles. The Labute approximate surface area is 196 Å². The van der Waals surface area contributed by atoms with E-state index < -0.39 is 23.4 Å². The second kappa shape index (κ2) is 19.4. The number of hydrogen-bond acceptors (Lipinski definition) is 4. The standard InChI is InChI=1S/C9H17NO5.Ca.Cr.Cu.Mn.Zn.2H/c1-9(2,5-11)7(14)8(15)10-4-3-6(12)13;;;;;;;/h7,11,14H,3-5H2,1-2H3,(H,10,15)(H,12,13);;;;;;;/q;+2;;;;;2*-1/t7-;;;;;;;/m0......./s1. The number of hydrogen-bond donors (Lipinski definition) is 4. The van der Waals surface area contributed by atoms with Gasteiger partial charge in [0.1, 0.15) is 6.10 Å². The molecule has 0 fully saturated rings. The van der Waals surface area contributed by atoms with Gasteiger partial charge in [0.05, 0.1) is 13.0 Å².